The molecule has 2 heterocycles. The van der Waals surface area contributed by atoms with Crippen molar-refractivity contribution in [2.75, 3.05) is 13.2 Å². The van der Waals surface area contributed by atoms with E-state index in [1.807, 2.05) is 0 Å². The third kappa shape index (κ3) is 35.9. The van der Waals surface area contributed by atoms with Crippen molar-refractivity contribution in [2.45, 2.75) is 281 Å². The van der Waals surface area contributed by atoms with E-state index in [1.165, 1.54) is 167 Å². The van der Waals surface area contributed by atoms with Crippen LogP contribution in [-0.4, -0.2) is 156 Å². The Labute approximate surface area is 407 Å². The smallest absolute Gasteiger partial charge is 0.550 e. The molecule has 17 heteroatoms. The fourth-order valence-corrected chi connectivity index (χ4v) is 7.85. The molecule has 384 valence electrons. The largest absolute Gasteiger partial charge is 2.00 e. The van der Waals surface area contributed by atoms with Gasteiger partial charge in [-0.1, -0.05) is 194 Å². The molecule has 16 nitrogen and oxygen atoms in total. The van der Waals surface area contributed by atoms with Crippen LogP contribution in [0.25, 0.3) is 0 Å². The van der Waals surface area contributed by atoms with Gasteiger partial charge in [0.05, 0.1) is 13.2 Å². The summed E-state index contributed by atoms with van der Waals surface area (Å²) in [6, 6.07) is 0. The minimum atomic E-state index is -1.74. The number of hydrogen-bond donors (Lipinski definition) is 8. The van der Waals surface area contributed by atoms with E-state index in [-0.39, 0.29) is 41.4 Å². The van der Waals surface area contributed by atoms with Gasteiger partial charge in [0.15, 0.2) is 12.6 Å². The van der Waals surface area contributed by atoms with E-state index in [0.29, 0.717) is 0 Å². The van der Waals surface area contributed by atoms with Crippen LogP contribution in [0.2, 0.25) is 0 Å². The van der Waals surface area contributed by atoms with E-state index in [9.17, 15) is 55.5 Å². The molecule has 0 aliphatic carbocycles. The van der Waals surface area contributed by atoms with Gasteiger partial charge < -0.3 is 80.3 Å². The second kappa shape index (κ2) is 46.9. The van der Waals surface area contributed by atoms with Crippen LogP contribution in [0.1, 0.15) is 219 Å². The van der Waals surface area contributed by atoms with Crippen LogP contribution in [0.4, 0.5) is 0 Å². The summed E-state index contributed by atoms with van der Waals surface area (Å²) in [7, 11) is 0. The zero-order chi connectivity index (χ0) is 47.1. The van der Waals surface area contributed by atoms with Gasteiger partial charge in [-0.2, -0.15) is 0 Å². The third-order valence-electron chi connectivity index (χ3n) is 11.9. The minimum absolute atomic E-state index is 0. The van der Waals surface area contributed by atoms with Crippen LogP contribution in [0.3, 0.4) is 0 Å². The van der Waals surface area contributed by atoms with Crippen molar-refractivity contribution in [3.8, 4) is 0 Å². The third-order valence-corrected chi connectivity index (χ3v) is 11.9. The average Bonchev–Trinajstić information content (AvgIpc) is 3.26. The zero-order valence-corrected chi connectivity index (χ0v) is 41.9. The van der Waals surface area contributed by atoms with Crippen LogP contribution in [0, 0.1) is 0 Å². The Bertz CT molecular complexity index is 999. The first-order valence-electron chi connectivity index (χ1n) is 25.0. The Morgan fingerprint density at radius 1 is 0.431 bits per heavy atom. The van der Waals surface area contributed by atoms with Gasteiger partial charge in [-0.3, -0.25) is 0 Å². The molecule has 0 saturated carbocycles. The monoisotopic (exact) mass is 951 g/mol. The summed E-state index contributed by atoms with van der Waals surface area (Å²) in [6.07, 6.45) is 24.1. The van der Waals surface area contributed by atoms with Crippen LogP contribution in [0.15, 0.2) is 0 Å². The number of rotatable bonds is 36. The number of hydrogen-bond acceptors (Lipinski definition) is 15. The van der Waals surface area contributed by atoms with Gasteiger partial charge in [0.25, 0.3) is 0 Å². The Morgan fingerprint density at radius 3 is 1.03 bits per heavy atom. The zero-order valence-electron chi connectivity index (χ0n) is 40.5. The van der Waals surface area contributed by atoms with Crippen molar-refractivity contribution >= 4 is 35.0 Å². The summed E-state index contributed by atoms with van der Waals surface area (Å²) < 4.78 is 15.3. The Balaban J connectivity index is -0.000000878. The van der Waals surface area contributed by atoms with Gasteiger partial charge in [-0.15, -0.1) is 0 Å². The Kier molecular flexibility index (Phi) is 49.5. The number of carboxylic acids is 2. The molecule has 10 atom stereocenters. The van der Waals surface area contributed by atoms with Crippen LogP contribution in [-0.2, 0) is 23.8 Å². The van der Waals surface area contributed by atoms with Crippen LogP contribution in [0.5, 0.6) is 0 Å². The van der Waals surface area contributed by atoms with Crippen molar-refractivity contribution < 1.29 is 80.3 Å². The molecule has 0 spiro atoms. The molecule has 2 fully saturated rings. The number of ether oxygens (including phenoxy) is 3. The molecule has 10 N–H and O–H groups in total. The normalized spacial score (nSPS) is 25.0. The minimum Gasteiger partial charge on any atom is -0.550 e. The molecule has 0 bridgehead atoms. The number of aliphatic carboxylic acids is 2. The first-order chi connectivity index (χ1) is 30.4. The van der Waals surface area contributed by atoms with E-state index in [0.717, 1.165) is 25.7 Å². The molecule has 2 aliphatic rings. The number of unbranched alkanes of at least 4 members (excludes halogenated alkanes) is 28. The summed E-state index contributed by atoms with van der Waals surface area (Å²) in [5.74, 6) is -1.81. The fraction of sp³-hybridized carbons (Fsp3) is 0.958. The van der Waals surface area contributed by atoms with E-state index in [2.05, 4.69) is 13.8 Å². The van der Waals surface area contributed by atoms with Gasteiger partial charge in [0, 0.05) is 11.9 Å². The number of carboxylic acid groups (broad SMARTS) is 2. The molecule has 0 radical (unpaired) electrons. The Hall–Kier alpha value is -0.774. The summed E-state index contributed by atoms with van der Waals surface area (Å²) >= 11 is 0. The summed E-state index contributed by atoms with van der Waals surface area (Å²) in [6.45, 7) is 3.19. The summed E-state index contributed by atoms with van der Waals surface area (Å²) in [5.41, 5.74) is 0. The molecular weight excluding hydrogens is 857 g/mol. The average molecular weight is 952 g/mol. The van der Waals surface area contributed by atoms with Crippen LogP contribution < -0.4 is 10.2 Å². The first-order valence-corrected chi connectivity index (χ1v) is 25.0. The molecule has 0 aromatic carbocycles. The molecule has 65 heavy (non-hydrogen) atoms. The van der Waals surface area contributed by atoms with Crippen LogP contribution >= 0.6 is 0 Å². The number of aliphatic hydroxyl groups excluding tert-OH is 8. The maximum absolute atomic E-state index is 10.2. The molecule has 0 aromatic rings. The second-order valence-corrected chi connectivity index (χ2v) is 17.7. The topological polar surface area (TPSA) is 301 Å². The summed E-state index contributed by atoms with van der Waals surface area (Å²) in [4.78, 5) is 20.4. The molecule has 2 rings (SSSR count). The van der Waals surface area contributed by atoms with E-state index >= 15 is 0 Å². The van der Waals surface area contributed by atoms with E-state index < -0.39 is 86.6 Å². The predicted octanol–water partition coefficient (Wildman–Crippen LogP) is 3.39. The van der Waals surface area contributed by atoms with Gasteiger partial charge >= 0.3 is 23.1 Å². The molecule has 0 aromatic heterocycles. The van der Waals surface area contributed by atoms with E-state index in [1.54, 1.807) is 0 Å². The molecule has 2 saturated heterocycles. The van der Waals surface area contributed by atoms with Gasteiger partial charge in [0.1, 0.15) is 48.8 Å². The van der Waals surface area contributed by atoms with Crippen molar-refractivity contribution in [1.29, 1.82) is 0 Å². The second-order valence-electron chi connectivity index (χ2n) is 17.7. The quantitative estimate of drug-likeness (QED) is 0.0330. The van der Waals surface area contributed by atoms with E-state index in [4.69, 9.17) is 19.3 Å². The Morgan fingerprint density at radius 2 is 0.738 bits per heavy atom. The van der Waals surface area contributed by atoms with Gasteiger partial charge in [-0.25, -0.2) is 0 Å². The fourth-order valence-electron chi connectivity index (χ4n) is 7.85. The SMILES string of the molecule is CCCCCCCCCCCCCCCCCC(=O)[O-].CCCCCCCCCCCCCCCCCC(=O)[O-].O.OC[C@H]1O[C@@H](O[C@H]2[C@H](O)[C@@H](O)C(O)O[C@@H]2CO)[C@H](O)[C@@H](O)[C@H]1O.[Mg+2]. The van der Waals surface area contributed by atoms with Crippen molar-refractivity contribution in [3.05, 3.63) is 0 Å². The maximum Gasteiger partial charge on any atom is 2.00 e. The predicted molar refractivity (Wildman–Crippen MR) is 247 cm³/mol. The van der Waals surface area contributed by atoms with Crippen molar-refractivity contribution in [2.24, 2.45) is 0 Å². The van der Waals surface area contributed by atoms with Crippen molar-refractivity contribution in [3.63, 3.8) is 0 Å². The molecule has 0 amide bonds. The molecule has 2 aliphatic heterocycles. The van der Waals surface area contributed by atoms with Gasteiger partial charge in [0.2, 0.25) is 0 Å². The molecule has 1 unspecified atom stereocenters. The molecular formula is C48H94MgO16. The number of aliphatic hydroxyl groups is 8. The van der Waals surface area contributed by atoms with Gasteiger partial charge in [-0.05, 0) is 25.7 Å². The first kappa shape index (κ1) is 68.5. The summed E-state index contributed by atoms with van der Waals surface area (Å²) in [5, 5.41) is 96.9. The number of carbonyl (C=O) groups is 2. The maximum atomic E-state index is 10.2. The van der Waals surface area contributed by atoms with Crippen molar-refractivity contribution in [1.82, 2.24) is 0 Å². The standard InChI is InChI=1S/2C18H36O2.C12H22O11.Mg.H2O/c2*1-2-3-4-5-6-7-8-9-10-11-12-13-14-15-16-17-18(19)20;13-1-3-5(15)6(16)9(19)12(22-3)23-10-4(2-14)21-11(20)8(18)7(10)17;;/h2*2-17H2,1H3,(H,19,20);3-20H,1-2H2;;1H2/q;;;+2;/p-2/t;;3-,4-,5+,6+,7-,8-,9-,10-,11?,12+;;/m..1../s1. The number of carbonyl (C=O) groups excluding carboxylic acids is 2.